The number of nitrogens with zero attached hydrogens (tertiary/aromatic N) is 2. The van der Waals surface area contributed by atoms with Crippen molar-refractivity contribution in [2.45, 2.75) is 24.6 Å². The Labute approximate surface area is 164 Å². The van der Waals surface area contributed by atoms with Gasteiger partial charge in [-0.3, -0.25) is 14.5 Å². The molecule has 2 saturated heterocycles. The van der Waals surface area contributed by atoms with Gasteiger partial charge < -0.3 is 25.4 Å². The van der Waals surface area contributed by atoms with E-state index in [4.69, 9.17) is 14.6 Å². The number of urea groups is 1. The molecule has 3 rings (SSSR count). The Balaban J connectivity index is 0.000000878. The summed E-state index contributed by atoms with van der Waals surface area (Å²) in [6.45, 7) is 2.10. The van der Waals surface area contributed by atoms with E-state index in [1.54, 1.807) is 14.1 Å². The largest absolute Gasteiger partial charge is 0.483 e. The van der Waals surface area contributed by atoms with Crippen LogP contribution < -0.4 is 10.6 Å². The number of amides is 3. The SMILES string of the molecule is CN(C)C(=O)NCC(=O)N[C@@H]1C[C@H]2CO[C@@H](c3ccccc3)CN2C1.O=CO. The molecule has 0 saturated carbocycles. The van der Waals surface area contributed by atoms with Crippen molar-refractivity contribution in [1.29, 1.82) is 0 Å². The van der Waals surface area contributed by atoms with Gasteiger partial charge in [0.05, 0.1) is 19.3 Å². The molecule has 3 amide bonds. The van der Waals surface area contributed by atoms with Crippen LogP contribution in [0.2, 0.25) is 0 Å². The first kappa shape index (κ1) is 21.6. The highest BCUT2D eigenvalue weighted by Crippen LogP contribution is 2.30. The van der Waals surface area contributed by atoms with Gasteiger partial charge in [-0.1, -0.05) is 30.3 Å². The van der Waals surface area contributed by atoms with Gasteiger partial charge >= 0.3 is 6.03 Å². The number of carbonyl (C=O) groups excluding carboxylic acids is 2. The lowest BCUT2D eigenvalue weighted by atomic mass is 10.1. The Morgan fingerprint density at radius 3 is 2.61 bits per heavy atom. The lowest BCUT2D eigenvalue weighted by Gasteiger charge is -2.35. The standard InChI is InChI=1S/C18H26N4O3.CH2O2/c1-21(2)18(24)19-9-17(23)20-14-8-15-12-25-16(11-22(15)10-14)13-6-4-3-5-7-13;2-1-3/h3-7,14-16H,8-12H2,1-2H3,(H,19,24)(H,20,23);1H,(H,2,3)/t14-,15+,16-;/m1./s1. The minimum absolute atomic E-state index is 0.00131. The molecule has 2 aliphatic heterocycles. The average Bonchev–Trinajstić information content (AvgIpc) is 3.08. The molecule has 2 aliphatic rings. The van der Waals surface area contributed by atoms with Crippen LogP contribution in [0.4, 0.5) is 4.79 Å². The van der Waals surface area contributed by atoms with Crippen LogP contribution in [0.1, 0.15) is 18.1 Å². The molecule has 2 fully saturated rings. The lowest BCUT2D eigenvalue weighted by molar-refractivity contribution is -0.123. The summed E-state index contributed by atoms with van der Waals surface area (Å²) < 4.78 is 6.02. The summed E-state index contributed by atoms with van der Waals surface area (Å²) in [5.74, 6) is -0.152. The van der Waals surface area contributed by atoms with E-state index >= 15 is 0 Å². The summed E-state index contributed by atoms with van der Waals surface area (Å²) in [7, 11) is 3.29. The Morgan fingerprint density at radius 1 is 1.29 bits per heavy atom. The van der Waals surface area contributed by atoms with Crippen molar-refractivity contribution in [3.8, 4) is 0 Å². The van der Waals surface area contributed by atoms with Crippen LogP contribution in [0, 0.1) is 0 Å². The molecule has 9 nitrogen and oxygen atoms in total. The van der Waals surface area contributed by atoms with Crippen molar-refractivity contribution in [2.75, 3.05) is 40.3 Å². The van der Waals surface area contributed by atoms with E-state index < -0.39 is 0 Å². The topological polar surface area (TPSA) is 111 Å². The van der Waals surface area contributed by atoms with Gasteiger partial charge in [0.25, 0.3) is 6.47 Å². The number of ether oxygens (including phenoxy) is 1. The number of benzene rings is 1. The number of rotatable bonds is 4. The third-order valence-corrected chi connectivity index (χ3v) is 4.76. The van der Waals surface area contributed by atoms with Gasteiger partial charge in [-0.05, 0) is 12.0 Å². The maximum atomic E-state index is 12.0. The second-order valence-corrected chi connectivity index (χ2v) is 7.00. The summed E-state index contributed by atoms with van der Waals surface area (Å²) in [5, 5.41) is 12.5. The molecule has 28 heavy (non-hydrogen) atoms. The van der Waals surface area contributed by atoms with Gasteiger partial charge in [0.15, 0.2) is 0 Å². The zero-order chi connectivity index (χ0) is 20.5. The van der Waals surface area contributed by atoms with Crippen LogP contribution >= 0.6 is 0 Å². The molecule has 0 aromatic heterocycles. The second kappa shape index (κ2) is 10.6. The van der Waals surface area contributed by atoms with Gasteiger partial charge in [-0.15, -0.1) is 0 Å². The first-order valence-electron chi connectivity index (χ1n) is 9.17. The predicted octanol–water partition coefficient (Wildman–Crippen LogP) is 0.289. The smallest absolute Gasteiger partial charge is 0.317 e. The van der Waals surface area contributed by atoms with Gasteiger partial charge in [0.1, 0.15) is 0 Å². The Bertz CT molecular complexity index is 655. The van der Waals surface area contributed by atoms with Crippen molar-refractivity contribution in [3.63, 3.8) is 0 Å². The Hall–Kier alpha value is -2.65. The van der Waals surface area contributed by atoms with Crippen molar-refractivity contribution in [3.05, 3.63) is 35.9 Å². The number of morpholine rings is 1. The maximum Gasteiger partial charge on any atom is 0.317 e. The van der Waals surface area contributed by atoms with Gasteiger partial charge in [-0.25, -0.2) is 4.79 Å². The highest BCUT2D eigenvalue weighted by molar-refractivity contribution is 5.83. The van der Waals surface area contributed by atoms with E-state index in [1.807, 2.05) is 18.2 Å². The quantitative estimate of drug-likeness (QED) is 0.635. The number of hydrogen-bond donors (Lipinski definition) is 3. The molecule has 0 unspecified atom stereocenters. The molecule has 0 spiro atoms. The van der Waals surface area contributed by atoms with Crippen LogP contribution in [-0.4, -0.2) is 85.7 Å². The second-order valence-electron chi connectivity index (χ2n) is 7.00. The monoisotopic (exact) mass is 392 g/mol. The molecule has 0 aliphatic carbocycles. The fourth-order valence-electron chi connectivity index (χ4n) is 3.44. The van der Waals surface area contributed by atoms with Gasteiger partial charge in [-0.2, -0.15) is 0 Å². The van der Waals surface area contributed by atoms with E-state index in [0.717, 1.165) is 19.5 Å². The minimum Gasteiger partial charge on any atom is -0.483 e. The fraction of sp³-hybridized carbons (Fsp3) is 0.526. The molecule has 2 heterocycles. The summed E-state index contributed by atoms with van der Waals surface area (Å²) in [6, 6.07) is 10.4. The molecule has 3 N–H and O–H groups in total. The molecule has 3 atom stereocenters. The van der Waals surface area contributed by atoms with Crippen LogP contribution in [0.5, 0.6) is 0 Å². The van der Waals surface area contributed by atoms with Crippen molar-refractivity contribution in [2.24, 2.45) is 0 Å². The molecular formula is C19H28N4O5. The van der Waals surface area contributed by atoms with E-state index in [2.05, 4.69) is 27.7 Å². The first-order valence-corrected chi connectivity index (χ1v) is 9.17. The molecule has 1 aromatic rings. The molecular weight excluding hydrogens is 364 g/mol. The van der Waals surface area contributed by atoms with E-state index in [-0.39, 0.29) is 37.1 Å². The zero-order valence-corrected chi connectivity index (χ0v) is 16.2. The highest BCUT2D eigenvalue weighted by atomic mass is 16.5. The first-order chi connectivity index (χ1) is 13.4. The van der Waals surface area contributed by atoms with E-state index in [0.29, 0.717) is 12.6 Å². The third-order valence-electron chi connectivity index (χ3n) is 4.76. The van der Waals surface area contributed by atoms with Gasteiger partial charge in [0.2, 0.25) is 5.91 Å². The highest BCUT2D eigenvalue weighted by Gasteiger charge is 2.38. The molecule has 1 aromatic carbocycles. The normalized spacial score (nSPS) is 23.6. The number of nitrogens with one attached hydrogen (secondary N) is 2. The zero-order valence-electron chi connectivity index (χ0n) is 16.2. The number of fused-ring (bicyclic) bond motifs is 1. The summed E-state index contributed by atoms with van der Waals surface area (Å²) >= 11 is 0. The fourth-order valence-corrected chi connectivity index (χ4v) is 3.44. The maximum absolute atomic E-state index is 12.0. The average molecular weight is 392 g/mol. The van der Waals surface area contributed by atoms with Crippen molar-refractivity contribution >= 4 is 18.4 Å². The van der Waals surface area contributed by atoms with Crippen LogP contribution in [0.25, 0.3) is 0 Å². The van der Waals surface area contributed by atoms with E-state index in [1.165, 1.54) is 10.5 Å². The molecule has 0 radical (unpaired) electrons. The summed E-state index contributed by atoms with van der Waals surface area (Å²) in [4.78, 5) is 35.7. The van der Waals surface area contributed by atoms with E-state index in [9.17, 15) is 9.59 Å². The van der Waals surface area contributed by atoms with Crippen molar-refractivity contribution < 1.29 is 24.2 Å². The third kappa shape index (κ3) is 6.21. The number of carbonyl (C=O) groups is 3. The van der Waals surface area contributed by atoms with Crippen molar-refractivity contribution in [1.82, 2.24) is 20.4 Å². The Morgan fingerprint density at radius 2 is 1.96 bits per heavy atom. The summed E-state index contributed by atoms with van der Waals surface area (Å²) in [5.41, 5.74) is 1.19. The lowest BCUT2D eigenvalue weighted by Crippen LogP contribution is -2.45. The molecule has 9 heteroatoms. The number of hydrogen-bond acceptors (Lipinski definition) is 5. The molecule has 154 valence electrons. The van der Waals surface area contributed by atoms with Crippen LogP contribution in [-0.2, 0) is 14.3 Å². The summed E-state index contributed by atoms with van der Waals surface area (Å²) in [6.07, 6.45) is 0.973. The number of carboxylic acid groups (broad SMARTS) is 1. The van der Waals surface area contributed by atoms with Crippen LogP contribution in [0.15, 0.2) is 30.3 Å². The van der Waals surface area contributed by atoms with Gasteiger partial charge in [0, 0.05) is 39.3 Å². The minimum atomic E-state index is -0.266. The van der Waals surface area contributed by atoms with Crippen LogP contribution in [0.3, 0.4) is 0 Å². The Kier molecular flexibility index (Phi) is 8.21. The molecule has 0 bridgehead atoms. The predicted molar refractivity (Wildman–Crippen MR) is 103 cm³/mol.